The fraction of sp³-hybridized carbons (Fsp3) is 0.750. The molecule has 4 bridgehead atoms. The maximum absolute atomic E-state index is 13.4. The van der Waals surface area contributed by atoms with Gasteiger partial charge >= 0.3 is 0 Å². The molecule has 1 aromatic rings. The molecular formula is C24H35N5O3S. The summed E-state index contributed by atoms with van der Waals surface area (Å²) in [5.41, 5.74) is 0.0453. The lowest BCUT2D eigenvalue weighted by molar-refractivity contribution is -0.137. The van der Waals surface area contributed by atoms with Crippen LogP contribution < -0.4 is 10.2 Å². The molecular weight excluding hydrogens is 438 g/mol. The van der Waals surface area contributed by atoms with Gasteiger partial charge in [-0.1, -0.05) is 6.92 Å². The highest BCUT2D eigenvalue weighted by atomic mass is 32.2. The molecule has 180 valence electrons. The first-order chi connectivity index (χ1) is 15.8. The monoisotopic (exact) mass is 473 g/mol. The molecule has 2 heterocycles. The number of anilines is 1. The van der Waals surface area contributed by atoms with Crippen LogP contribution in [0.1, 0.15) is 62.7 Å². The second-order valence-corrected chi connectivity index (χ2v) is 11.5. The van der Waals surface area contributed by atoms with E-state index in [1.165, 1.54) is 0 Å². The third-order valence-electron chi connectivity index (χ3n) is 7.98. The number of hydrogen-bond donors (Lipinski definition) is 2. The Morgan fingerprint density at radius 3 is 2.48 bits per heavy atom. The predicted octanol–water partition coefficient (Wildman–Crippen LogP) is 2.32. The summed E-state index contributed by atoms with van der Waals surface area (Å²) in [5, 5.41) is 14.9. The molecule has 5 aliphatic rings. The molecule has 6 rings (SSSR count). The second-order valence-electron chi connectivity index (χ2n) is 10.4. The fourth-order valence-corrected chi connectivity index (χ4v) is 7.49. The lowest BCUT2D eigenvalue weighted by Crippen LogP contribution is -2.61. The van der Waals surface area contributed by atoms with Gasteiger partial charge in [-0.3, -0.25) is 9.59 Å². The van der Waals surface area contributed by atoms with Crippen LogP contribution in [-0.4, -0.2) is 75.4 Å². The molecule has 8 nitrogen and oxygen atoms in total. The highest BCUT2D eigenvalue weighted by molar-refractivity contribution is 7.99. The van der Waals surface area contributed by atoms with Crippen molar-refractivity contribution >= 4 is 29.5 Å². The summed E-state index contributed by atoms with van der Waals surface area (Å²) in [7, 11) is 0. The summed E-state index contributed by atoms with van der Waals surface area (Å²) in [4.78, 5) is 38.3. The molecule has 4 aliphatic carbocycles. The van der Waals surface area contributed by atoms with E-state index in [4.69, 9.17) is 4.98 Å². The SMILES string of the molecule is CCCSc1nc(N2CCN(C(C)=O)CC2)ncc1C(=O)NC1C2CC3CC1CC(O)(C3)C2. The van der Waals surface area contributed by atoms with Crippen molar-refractivity contribution < 1.29 is 14.7 Å². The van der Waals surface area contributed by atoms with Gasteiger partial charge in [0.25, 0.3) is 5.91 Å². The second kappa shape index (κ2) is 9.06. The van der Waals surface area contributed by atoms with E-state index >= 15 is 0 Å². The van der Waals surface area contributed by atoms with Gasteiger partial charge in [0.2, 0.25) is 11.9 Å². The summed E-state index contributed by atoms with van der Waals surface area (Å²) >= 11 is 1.61. The number of amides is 2. The number of nitrogens with zero attached hydrogens (tertiary/aromatic N) is 4. The third kappa shape index (κ3) is 4.58. The zero-order valence-electron chi connectivity index (χ0n) is 19.6. The molecule has 2 unspecified atom stereocenters. The molecule has 1 saturated heterocycles. The van der Waals surface area contributed by atoms with Crippen LogP contribution in [0.5, 0.6) is 0 Å². The first kappa shape index (κ1) is 22.9. The number of thioether (sulfide) groups is 1. The molecule has 0 aromatic carbocycles. The number of aromatic nitrogens is 2. The number of nitrogens with one attached hydrogen (secondary N) is 1. The van der Waals surface area contributed by atoms with Gasteiger partial charge in [-0.2, -0.15) is 0 Å². The first-order valence-electron chi connectivity index (χ1n) is 12.4. The van der Waals surface area contributed by atoms with Gasteiger partial charge in [0.05, 0.1) is 11.2 Å². The van der Waals surface area contributed by atoms with Gasteiger partial charge in [0, 0.05) is 45.3 Å². The van der Waals surface area contributed by atoms with E-state index in [1.807, 2.05) is 4.90 Å². The average Bonchev–Trinajstić information content (AvgIpc) is 2.78. The summed E-state index contributed by atoms with van der Waals surface area (Å²) < 4.78 is 0. The van der Waals surface area contributed by atoms with Crippen LogP contribution in [0.4, 0.5) is 5.95 Å². The molecule has 2 atom stereocenters. The Bertz CT molecular complexity index is 903. The van der Waals surface area contributed by atoms with Crippen molar-refractivity contribution in [3.05, 3.63) is 11.8 Å². The van der Waals surface area contributed by atoms with Crippen LogP contribution in [0.25, 0.3) is 0 Å². The van der Waals surface area contributed by atoms with Gasteiger partial charge in [-0.15, -0.1) is 11.8 Å². The van der Waals surface area contributed by atoms with Gasteiger partial charge in [0.1, 0.15) is 5.03 Å². The van der Waals surface area contributed by atoms with Crippen LogP contribution in [0.3, 0.4) is 0 Å². The Hall–Kier alpha value is -1.87. The van der Waals surface area contributed by atoms with E-state index in [0.717, 1.165) is 49.3 Å². The molecule has 2 N–H and O–H groups in total. The largest absolute Gasteiger partial charge is 0.390 e. The van der Waals surface area contributed by atoms with Crippen molar-refractivity contribution in [2.24, 2.45) is 17.8 Å². The number of hydrogen-bond acceptors (Lipinski definition) is 7. The van der Waals surface area contributed by atoms with E-state index in [-0.39, 0.29) is 17.9 Å². The maximum Gasteiger partial charge on any atom is 0.255 e. The van der Waals surface area contributed by atoms with E-state index in [1.54, 1.807) is 24.9 Å². The zero-order valence-corrected chi connectivity index (χ0v) is 20.4. The molecule has 1 aromatic heterocycles. The molecule has 5 fully saturated rings. The first-order valence-corrected chi connectivity index (χ1v) is 13.4. The minimum absolute atomic E-state index is 0.0917. The third-order valence-corrected chi connectivity index (χ3v) is 9.17. The Balaban J connectivity index is 1.31. The topological polar surface area (TPSA) is 98.7 Å². The number of piperazine rings is 1. The molecule has 1 aliphatic heterocycles. The van der Waals surface area contributed by atoms with Crippen molar-refractivity contribution in [3.63, 3.8) is 0 Å². The molecule has 9 heteroatoms. The van der Waals surface area contributed by atoms with Gasteiger partial charge < -0.3 is 20.2 Å². The predicted molar refractivity (Wildman–Crippen MR) is 127 cm³/mol. The normalized spacial score (nSPS) is 32.8. The van der Waals surface area contributed by atoms with Gasteiger partial charge in [0.15, 0.2) is 0 Å². The van der Waals surface area contributed by atoms with Crippen molar-refractivity contribution in [1.82, 2.24) is 20.2 Å². The number of carbonyl (C=O) groups is 2. The quantitative estimate of drug-likeness (QED) is 0.483. The minimum Gasteiger partial charge on any atom is -0.390 e. The number of carbonyl (C=O) groups excluding carboxylic acids is 2. The van der Waals surface area contributed by atoms with E-state index in [0.29, 0.717) is 55.4 Å². The van der Waals surface area contributed by atoms with Gasteiger partial charge in [-0.05, 0) is 62.0 Å². The van der Waals surface area contributed by atoms with Crippen molar-refractivity contribution in [2.45, 2.75) is 69.0 Å². The number of rotatable bonds is 6. The Morgan fingerprint density at radius 1 is 1.18 bits per heavy atom. The zero-order chi connectivity index (χ0) is 23.2. The van der Waals surface area contributed by atoms with Crippen LogP contribution in [0.15, 0.2) is 11.2 Å². The van der Waals surface area contributed by atoms with Gasteiger partial charge in [-0.25, -0.2) is 9.97 Å². The summed E-state index contributed by atoms with van der Waals surface area (Å²) in [6.07, 6.45) is 7.46. The van der Waals surface area contributed by atoms with E-state index < -0.39 is 5.60 Å². The smallest absolute Gasteiger partial charge is 0.255 e. The highest BCUT2D eigenvalue weighted by Gasteiger charge is 2.55. The standard InChI is InChI=1S/C24H35N5O3S/c1-3-8-33-22-19(14-25-23(27-22)29-6-4-28(5-7-29)15(2)30)21(31)26-20-17-9-16-10-18(20)13-24(32,11-16)12-17/h14,16-18,20,32H,3-13H2,1-2H3,(H,26,31). The van der Waals surface area contributed by atoms with Crippen LogP contribution in [0.2, 0.25) is 0 Å². The maximum atomic E-state index is 13.4. The lowest BCUT2D eigenvalue weighted by atomic mass is 9.52. The van der Waals surface area contributed by atoms with E-state index in [2.05, 4.69) is 22.1 Å². The van der Waals surface area contributed by atoms with Crippen molar-refractivity contribution in [3.8, 4) is 0 Å². The van der Waals surface area contributed by atoms with Crippen LogP contribution >= 0.6 is 11.8 Å². The lowest BCUT2D eigenvalue weighted by Gasteiger charge is -2.58. The molecule has 0 radical (unpaired) electrons. The molecule has 33 heavy (non-hydrogen) atoms. The Kier molecular flexibility index (Phi) is 6.29. The van der Waals surface area contributed by atoms with Crippen molar-refractivity contribution in [1.29, 1.82) is 0 Å². The summed E-state index contributed by atoms with van der Waals surface area (Å²) in [6, 6.07) is 0.137. The average molecular weight is 474 g/mol. The Labute approximate surface area is 199 Å². The van der Waals surface area contributed by atoms with Crippen LogP contribution in [-0.2, 0) is 4.79 Å². The number of aliphatic hydroxyl groups is 1. The van der Waals surface area contributed by atoms with Crippen LogP contribution in [0, 0.1) is 17.8 Å². The van der Waals surface area contributed by atoms with E-state index in [9.17, 15) is 14.7 Å². The molecule has 0 spiro atoms. The van der Waals surface area contributed by atoms with Crippen molar-refractivity contribution in [2.75, 3.05) is 36.8 Å². The minimum atomic E-state index is -0.503. The molecule has 4 saturated carbocycles. The summed E-state index contributed by atoms with van der Waals surface area (Å²) in [6.45, 7) is 6.43. The fourth-order valence-electron chi connectivity index (χ4n) is 6.64. The Morgan fingerprint density at radius 2 is 1.88 bits per heavy atom. The highest BCUT2D eigenvalue weighted by Crippen LogP contribution is 2.55. The summed E-state index contributed by atoms with van der Waals surface area (Å²) in [5.74, 6) is 2.87. The molecule has 2 amide bonds.